The van der Waals surface area contributed by atoms with E-state index in [0.717, 1.165) is 21.9 Å². The first kappa shape index (κ1) is 22.8. The zero-order chi connectivity index (χ0) is 23.4. The number of hydrogen-bond acceptors (Lipinski definition) is 8. The van der Waals surface area contributed by atoms with Gasteiger partial charge in [0.25, 0.3) is 5.91 Å². The normalized spacial score (nSPS) is 10.7. The van der Waals surface area contributed by atoms with Crippen LogP contribution in [0.3, 0.4) is 0 Å². The van der Waals surface area contributed by atoms with Gasteiger partial charge in [-0.15, -0.1) is 22.7 Å². The Morgan fingerprint density at radius 3 is 2.48 bits per heavy atom. The number of benzene rings is 2. The third-order valence-corrected chi connectivity index (χ3v) is 6.79. The summed E-state index contributed by atoms with van der Waals surface area (Å²) in [6.45, 7) is 4.39. The molecule has 2 aromatic heterocycles. The van der Waals surface area contributed by atoms with E-state index in [1.54, 1.807) is 14.2 Å². The van der Waals surface area contributed by atoms with Crippen LogP contribution in [0.5, 0.6) is 17.2 Å². The standard InChI is InChI=1S/C24H23N3O4S2/c1-5-31-16-8-6-15(7-9-16)23-25-14(2)21(33-23)22(28)27-24-26-19(13-32-24)18-12-17(29-3)10-11-20(18)30-4/h6-13H,5H2,1-4H3,(H,26,27,28). The van der Waals surface area contributed by atoms with Crippen molar-refractivity contribution in [3.05, 3.63) is 58.4 Å². The summed E-state index contributed by atoms with van der Waals surface area (Å²) in [4.78, 5) is 22.7. The fourth-order valence-electron chi connectivity index (χ4n) is 3.21. The molecular formula is C24H23N3O4S2. The van der Waals surface area contributed by atoms with Crippen LogP contribution >= 0.6 is 22.7 Å². The maximum atomic E-state index is 12.9. The topological polar surface area (TPSA) is 82.6 Å². The third kappa shape index (κ3) is 4.99. The summed E-state index contributed by atoms with van der Waals surface area (Å²) in [6.07, 6.45) is 0. The fourth-order valence-corrected chi connectivity index (χ4v) is 4.89. The molecule has 0 saturated heterocycles. The molecule has 7 nitrogen and oxygen atoms in total. The number of aromatic nitrogens is 2. The molecule has 0 radical (unpaired) electrons. The van der Waals surface area contributed by atoms with Crippen molar-refractivity contribution in [1.82, 2.24) is 9.97 Å². The molecule has 4 rings (SSSR count). The smallest absolute Gasteiger partial charge is 0.269 e. The third-order valence-electron chi connectivity index (χ3n) is 4.82. The minimum Gasteiger partial charge on any atom is -0.497 e. The van der Waals surface area contributed by atoms with Gasteiger partial charge in [0.1, 0.15) is 27.1 Å². The number of carbonyl (C=O) groups is 1. The van der Waals surface area contributed by atoms with Crippen LogP contribution in [0.25, 0.3) is 21.8 Å². The largest absolute Gasteiger partial charge is 0.497 e. The molecule has 1 amide bonds. The van der Waals surface area contributed by atoms with Gasteiger partial charge in [0.15, 0.2) is 5.13 Å². The summed E-state index contributed by atoms with van der Waals surface area (Å²) < 4.78 is 16.3. The van der Waals surface area contributed by atoms with Crippen molar-refractivity contribution in [2.75, 3.05) is 26.1 Å². The first-order valence-electron chi connectivity index (χ1n) is 10.2. The minimum absolute atomic E-state index is 0.235. The molecule has 0 bridgehead atoms. The number of nitrogens with zero attached hydrogens (tertiary/aromatic N) is 2. The number of carbonyl (C=O) groups excluding carboxylic acids is 1. The first-order valence-corrected chi connectivity index (χ1v) is 11.9. The van der Waals surface area contributed by atoms with Crippen LogP contribution in [0.15, 0.2) is 47.8 Å². The van der Waals surface area contributed by atoms with Crippen LogP contribution in [0.1, 0.15) is 22.3 Å². The van der Waals surface area contributed by atoms with E-state index in [4.69, 9.17) is 14.2 Å². The number of amides is 1. The molecule has 1 N–H and O–H groups in total. The van der Waals surface area contributed by atoms with E-state index in [2.05, 4.69) is 15.3 Å². The van der Waals surface area contributed by atoms with Crippen molar-refractivity contribution in [3.63, 3.8) is 0 Å². The van der Waals surface area contributed by atoms with Crippen molar-refractivity contribution in [2.45, 2.75) is 13.8 Å². The molecule has 9 heteroatoms. The fraction of sp³-hybridized carbons (Fsp3) is 0.208. The number of aryl methyl sites for hydroxylation is 1. The zero-order valence-corrected chi connectivity index (χ0v) is 20.3. The molecule has 33 heavy (non-hydrogen) atoms. The summed E-state index contributed by atoms with van der Waals surface area (Å²) >= 11 is 2.70. The van der Waals surface area contributed by atoms with E-state index in [9.17, 15) is 4.79 Å². The lowest BCUT2D eigenvalue weighted by molar-refractivity contribution is 0.103. The lowest BCUT2D eigenvalue weighted by Crippen LogP contribution is -2.11. The summed E-state index contributed by atoms with van der Waals surface area (Å²) in [7, 11) is 3.21. The highest BCUT2D eigenvalue weighted by molar-refractivity contribution is 7.17. The summed E-state index contributed by atoms with van der Waals surface area (Å²) in [5, 5.41) is 6.04. The highest BCUT2D eigenvalue weighted by Gasteiger charge is 2.19. The van der Waals surface area contributed by atoms with Crippen LogP contribution in [0, 0.1) is 6.92 Å². The van der Waals surface area contributed by atoms with Gasteiger partial charge >= 0.3 is 0 Å². The molecule has 2 aromatic carbocycles. The number of nitrogens with one attached hydrogen (secondary N) is 1. The summed E-state index contributed by atoms with van der Waals surface area (Å²) in [5.74, 6) is 1.95. The van der Waals surface area contributed by atoms with E-state index < -0.39 is 0 Å². The minimum atomic E-state index is -0.235. The molecule has 0 aliphatic carbocycles. The SMILES string of the molecule is CCOc1ccc(-c2nc(C)c(C(=O)Nc3nc(-c4cc(OC)ccc4OC)cs3)s2)cc1. The lowest BCUT2D eigenvalue weighted by Gasteiger charge is -2.08. The van der Waals surface area contributed by atoms with Crippen LogP contribution < -0.4 is 19.5 Å². The Hall–Kier alpha value is -3.43. The van der Waals surface area contributed by atoms with Gasteiger partial charge in [-0.3, -0.25) is 10.1 Å². The molecule has 0 saturated carbocycles. The second kappa shape index (κ2) is 10.0. The van der Waals surface area contributed by atoms with Gasteiger partial charge in [-0.25, -0.2) is 9.97 Å². The average Bonchev–Trinajstić information content (AvgIpc) is 3.46. The van der Waals surface area contributed by atoms with Crippen molar-refractivity contribution in [2.24, 2.45) is 0 Å². The number of ether oxygens (including phenoxy) is 3. The molecule has 0 fully saturated rings. The Balaban J connectivity index is 1.53. The van der Waals surface area contributed by atoms with E-state index in [1.165, 1.54) is 22.7 Å². The van der Waals surface area contributed by atoms with Gasteiger partial charge in [-0.1, -0.05) is 0 Å². The van der Waals surface area contributed by atoms with E-state index >= 15 is 0 Å². The van der Waals surface area contributed by atoms with Crippen LogP contribution in [0.2, 0.25) is 0 Å². The van der Waals surface area contributed by atoms with Gasteiger partial charge in [0, 0.05) is 16.5 Å². The molecule has 0 spiro atoms. The van der Waals surface area contributed by atoms with Crippen molar-refractivity contribution in [3.8, 4) is 39.1 Å². The summed E-state index contributed by atoms with van der Waals surface area (Å²) in [5.41, 5.74) is 3.10. The van der Waals surface area contributed by atoms with Crippen LogP contribution in [-0.4, -0.2) is 36.7 Å². The number of anilines is 1. The zero-order valence-electron chi connectivity index (χ0n) is 18.7. The molecule has 0 atom stereocenters. The molecule has 2 heterocycles. The lowest BCUT2D eigenvalue weighted by atomic mass is 10.1. The molecular weight excluding hydrogens is 458 g/mol. The summed E-state index contributed by atoms with van der Waals surface area (Å²) in [6, 6.07) is 13.2. The second-order valence-electron chi connectivity index (χ2n) is 6.95. The van der Waals surface area contributed by atoms with Crippen LogP contribution in [0.4, 0.5) is 5.13 Å². The average molecular weight is 482 g/mol. The quantitative estimate of drug-likeness (QED) is 0.337. The second-order valence-corrected chi connectivity index (χ2v) is 8.81. The Labute approximate surface area is 200 Å². The highest BCUT2D eigenvalue weighted by Crippen LogP contribution is 2.35. The Bertz CT molecular complexity index is 1270. The predicted octanol–water partition coefficient (Wildman–Crippen LogP) is 5.91. The Morgan fingerprint density at radius 2 is 1.79 bits per heavy atom. The molecule has 0 aliphatic rings. The number of thiazole rings is 2. The van der Waals surface area contributed by atoms with E-state index in [-0.39, 0.29) is 5.91 Å². The van der Waals surface area contributed by atoms with Gasteiger partial charge in [-0.05, 0) is 56.3 Å². The number of rotatable bonds is 8. The Morgan fingerprint density at radius 1 is 1.03 bits per heavy atom. The van der Waals surface area contributed by atoms with Gasteiger partial charge < -0.3 is 14.2 Å². The van der Waals surface area contributed by atoms with Crippen LogP contribution in [-0.2, 0) is 0 Å². The molecule has 0 unspecified atom stereocenters. The van der Waals surface area contributed by atoms with Crippen molar-refractivity contribution in [1.29, 1.82) is 0 Å². The molecule has 4 aromatic rings. The predicted molar refractivity (Wildman–Crippen MR) is 132 cm³/mol. The Kier molecular flexibility index (Phi) is 6.90. The van der Waals surface area contributed by atoms with E-state index in [1.807, 2.05) is 61.7 Å². The number of hydrogen-bond donors (Lipinski definition) is 1. The maximum absolute atomic E-state index is 12.9. The monoisotopic (exact) mass is 481 g/mol. The van der Waals surface area contributed by atoms with Gasteiger partial charge in [0.05, 0.1) is 32.2 Å². The maximum Gasteiger partial charge on any atom is 0.269 e. The number of methoxy groups -OCH3 is 2. The van der Waals surface area contributed by atoms with Crippen molar-refractivity contribution < 1.29 is 19.0 Å². The van der Waals surface area contributed by atoms with Gasteiger partial charge in [-0.2, -0.15) is 0 Å². The molecule has 170 valence electrons. The van der Waals surface area contributed by atoms with Gasteiger partial charge in [0.2, 0.25) is 0 Å². The molecule has 0 aliphatic heterocycles. The van der Waals surface area contributed by atoms with E-state index in [0.29, 0.717) is 39.5 Å². The van der Waals surface area contributed by atoms with Crippen molar-refractivity contribution >= 4 is 33.7 Å². The first-order chi connectivity index (χ1) is 16.0. The highest BCUT2D eigenvalue weighted by atomic mass is 32.1.